The van der Waals surface area contributed by atoms with Gasteiger partial charge in [-0.25, -0.2) is 4.39 Å². The Morgan fingerprint density at radius 3 is 2.56 bits per heavy atom. The third kappa shape index (κ3) is 12.6. The lowest BCUT2D eigenvalue weighted by Gasteiger charge is -2.21. The van der Waals surface area contributed by atoms with Crippen LogP contribution in [0.2, 0.25) is 0 Å². The van der Waals surface area contributed by atoms with Crippen molar-refractivity contribution in [1.29, 1.82) is 0 Å². The third-order valence-corrected chi connectivity index (χ3v) is 4.08. The van der Waals surface area contributed by atoms with E-state index in [1.165, 1.54) is 13.2 Å². The number of carbonyl (C=O) groups excluding carboxylic acids is 1. The summed E-state index contributed by atoms with van der Waals surface area (Å²) in [4.78, 5) is 10.9. The van der Waals surface area contributed by atoms with Crippen LogP contribution in [0, 0.1) is 11.8 Å². The second-order valence-electron chi connectivity index (χ2n) is 6.22. The molecule has 0 aliphatic carbocycles. The molecule has 1 unspecified atom stereocenters. The molecule has 0 aromatic rings. The predicted molar refractivity (Wildman–Crippen MR) is 95.5 cm³/mol. The van der Waals surface area contributed by atoms with Crippen molar-refractivity contribution in [2.75, 3.05) is 20.3 Å². The van der Waals surface area contributed by atoms with Gasteiger partial charge >= 0.3 is 5.97 Å². The van der Waals surface area contributed by atoms with Gasteiger partial charge in [-0.2, -0.15) is 0 Å². The van der Waals surface area contributed by atoms with Crippen LogP contribution in [-0.4, -0.2) is 32.6 Å². The monoisotopic (exact) mass is 354 g/mol. The molecule has 1 heterocycles. The Morgan fingerprint density at radius 2 is 1.88 bits per heavy atom. The van der Waals surface area contributed by atoms with Gasteiger partial charge in [0.15, 0.2) is 6.29 Å². The summed E-state index contributed by atoms with van der Waals surface area (Å²) in [6.45, 7) is 1.03. The van der Waals surface area contributed by atoms with Gasteiger partial charge in [-0.05, 0) is 38.5 Å². The van der Waals surface area contributed by atoms with Crippen molar-refractivity contribution in [1.82, 2.24) is 0 Å². The topological polar surface area (TPSA) is 44.8 Å². The summed E-state index contributed by atoms with van der Waals surface area (Å²) in [7, 11) is 1.41. The van der Waals surface area contributed by atoms with E-state index in [4.69, 9.17) is 9.47 Å². The van der Waals surface area contributed by atoms with Gasteiger partial charge in [-0.1, -0.05) is 37.5 Å². The van der Waals surface area contributed by atoms with Crippen molar-refractivity contribution < 1.29 is 23.4 Å². The first-order valence-electron chi connectivity index (χ1n) is 9.35. The lowest BCUT2D eigenvalue weighted by atomic mass is 10.1. The molecule has 25 heavy (non-hydrogen) atoms. The molecule has 0 aromatic carbocycles. The van der Waals surface area contributed by atoms with E-state index in [0.717, 1.165) is 64.4 Å². The van der Waals surface area contributed by atoms with Gasteiger partial charge in [0, 0.05) is 19.1 Å². The molecule has 1 rings (SSSR count). The SMILES string of the molecule is COC(=O)CCCCCCCC/C(F)=C\C#CCOC1CCCCO1. The Labute approximate surface area is 151 Å². The lowest BCUT2D eigenvalue weighted by Crippen LogP contribution is -2.22. The molecule has 0 saturated carbocycles. The van der Waals surface area contributed by atoms with Crippen molar-refractivity contribution in [3.63, 3.8) is 0 Å². The quantitative estimate of drug-likeness (QED) is 0.307. The van der Waals surface area contributed by atoms with Gasteiger partial charge < -0.3 is 14.2 Å². The number of esters is 1. The molecule has 1 saturated heterocycles. The summed E-state index contributed by atoms with van der Waals surface area (Å²) in [5, 5.41) is 0. The Bertz CT molecular complexity index is 444. The highest BCUT2D eigenvalue weighted by Crippen LogP contribution is 2.14. The molecule has 0 N–H and O–H groups in total. The molecule has 4 nitrogen and oxygen atoms in total. The van der Waals surface area contributed by atoms with Crippen LogP contribution in [0.4, 0.5) is 4.39 Å². The third-order valence-electron chi connectivity index (χ3n) is 4.08. The van der Waals surface area contributed by atoms with Crippen LogP contribution in [0.5, 0.6) is 0 Å². The molecule has 0 bridgehead atoms. The zero-order chi connectivity index (χ0) is 18.2. The van der Waals surface area contributed by atoms with Gasteiger partial charge in [-0.15, -0.1) is 0 Å². The summed E-state index contributed by atoms with van der Waals surface area (Å²) < 4.78 is 29.0. The second kappa shape index (κ2) is 14.9. The maximum absolute atomic E-state index is 13.6. The Morgan fingerprint density at radius 1 is 1.16 bits per heavy atom. The van der Waals surface area contributed by atoms with E-state index in [1.807, 2.05) is 0 Å². The normalized spacial score (nSPS) is 17.7. The van der Waals surface area contributed by atoms with Gasteiger partial charge in [0.05, 0.1) is 7.11 Å². The summed E-state index contributed by atoms with van der Waals surface area (Å²) in [6.07, 6.45) is 11.1. The fourth-order valence-corrected chi connectivity index (χ4v) is 2.59. The number of hydrogen-bond donors (Lipinski definition) is 0. The van der Waals surface area contributed by atoms with Crippen LogP contribution in [0.1, 0.15) is 70.6 Å². The molecule has 0 spiro atoms. The molecule has 1 fully saturated rings. The number of methoxy groups -OCH3 is 1. The number of carbonyl (C=O) groups is 1. The van der Waals surface area contributed by atoms with E-state index in [2.05, 4.69) is 16.6 Å². The molecule has 0 radical (unpaired) electrons. The minimum absolute atomic E-state index is 0.148. The lowest BCUT2D eigenvalue weighted by molar-refractivity contribution is -0.154. The molecule has 1 aliphatic rings. The average Bonchev–Trinajstić information content (AvgIpc) is 2.64. The highest BCUT2D eigenvalue weighted by Gasteiger charge is 2.12. The predicted octanol–water partition coefficient (Wildman–Crippen LogP) is 4.68. The molecular formula is C20H31FO4. The van der Waals surface area contributed by atoms with E-state index < -0.39 is 0 Å². The molecule has 1 aliphatic heterocycles. The van der Waals surface area contributed by atoms with E-state index >= 15 is 0 Å². The Kier molecular flexibility index (Phi) is 12.9. The molecule has 5 heteroatoms. The first-order chi connectivity index (χ1) is 12.2. The average molecular weight is 354 g/mol. The molecule has 1 atom stereocenters. The second-order valence-corrected chi connectivity index (χ2v) is 6.22. The number of halogens is 1. The number of hydrogen-bond acceptors (Lipinski definition) is 4. The molecule has 0 amide bonds. The van der Waals surface area contributed by atoms with E-state index in [-0.39, 0.29) is 24.7 Å². The summed E-state index contributed by atoms with van der Waals surface area (Å²) in [5.74, 6) is 5.17. The van der Waals surface area contributed by atoms with Crippen molar-refractivity contribution >= 4 is 5.97 Å². The zero-order valence-corrected chi connectivity index (χ0v) is 15.4. The zero-order valence-electron chi connectivity index (χ0n) is 15.4. The van der Waals surface area contributed by atoms with E-state index in [9.17, 15) is 9.18 Å². The minimum Gasteiger partial charge on any atom is -0.469 e. The number of ether oxygens (including phenoxy) is 3. The van der Waals surface area contributed by atoms with E-state index in [1.54, 1.807) is 0 Å². The van der Waals surface area contributed by atoms with Crippen LogP contribution >= 0.6 is 0 Å². The maximum atomic E-state index is 13.6. The van der Waals surface area contributed by atoms with Crippen molar-refractivity contribution in [2.45, 2.75) is 76.9 Å². The molecular weight excluding hydrogens is 323 g/mol. The van der Waals surface area contributed by atoms with Crippen LogP contribution in [0.25, 0.3) is 0 Å². The maximum Gasteiger partial charge on any atom is 0.305 e. The van der Waals surface area contributed by atoms with Crippen LogP contribution in [0.3, 0.4) is 0 Å². The largest absolute Gasteiger partial charge is 0.469 e. The Hall–Kier alpha value is -1.38. The fourth-order valence-electron chi connectivity index (χ4n) is 2.59. The van der Waals surface area contributed by atoms with Gasteiger partial charge in [0.25, 0.3) is 0 Å². The first-order valence-corrected chi connectivity index (χ1v) is 9.35. The number of rotatable bonds is 11. The number of unbranched alkanes of at least 4 members (excludes halogenated alkanes) is 5. The minimum atomic E-state index is -0.174. The fraction of sp³-hybridized carbons (Fsp3) is 0.750. The van der Waals surface area contributed by atoms with Crippen molar-refractivity contribution in [3.05, 3.63) is 11.9 Å². The van der Waals surface area contributed by atoms with Crippen LogP contribution in [-0.2, 0) is 19.0 Å². The summed E-state index contributed by atoms with van der Waals surface area (Å²) in [5.41, 5.74) is 0. The van der Waals surface area contributed by atoms with Crippen LogP contribution in [0.15, 0.2) is 11.9 Å². The summed E-state index contributed by atoms with van der Waals surface area (Å²) in [6, 6.07) is 0. The van der Waals surface area contributed by atoms with Crippen molar-refractivity contribution in [3.8, 4) is 11.8 Å². The molecule has 0 aromatic heterocycles. The summed E-state index contributed by atoms with van der Waals surface area (Å²) >= 11 is 0. The molecule has 142 valence electrons. The van der Waals surface area contributed by atoms with Crippen molar-refractivity contribution in [2.24, 2.45) is 0 Å². The van der Waals surface area contributed by atoms with E-state index in [0.29, 0.717) is 12.8 Å². The number of allylic oxidation sites excluding steroid dienone is 2. The highest BCUT2D eigenvalue weighted by atomic mass is 19.1. The first kappa shape index (κ1) is 21.7. The Balaban J connectivity index is 1.95. The van der Waals surface area contributed by atoms with Gasteiger partial charge in [-0.3, -0.25) is 4.79 Å². The standard InChI is InChI=1S/C20H31FO4/c1-23-19(22)14-7-5-3-2-4-6-12-18(21)13-8-10-16-24-20-15-9-11-17-25-20/h13,20H,2-7,9,11-12,14-17H2,1H3/b18-13+. The van der Waals surface area contributed by atoms with Crippen LogP contribution < -0.4 is 0 Å². The van der Waals surface area contributed by atoms with Gasteiger partial charge in [0.1, 0.15) is 12.4 Å². The van der Waals surface area contributed by atoms with Gasteiger partial charge in [0.2, 0.25) is 0 Å². The highest BCUT2D eigenvalue weighted by molar-refractivity contribution is 5.68. The smallest absolute Gasteiger partial charge is 0.305 e.